The molecule has 4 N–H and O–H groups in total. The van der Waals surface area contributed by atoms with Gasteiger partial charge in [-0.05, 0) is 89.0 Å². The van der Waals surface area contributed by atoms with Crippen molar-refractivity contribution in [3.63, 3.8) is 0 Å². The van der Waals surface area contributed by atoms with E-state index in [4.69, 9.17) is 15.5 Å². The lowest BCUT2D eigenvalue weighted by atomic mass is 9.56. The lowest BCUT2D eigenvalue weighted by molar-refractivity contribution is -0.142. The second-order valence-corrected chi connectivity index (χ2v) is 12.6. The second kappa shape index (κ2) is 8.43. The summed E-state index contributed by atoms with van der Waals surface area (Å²) < 4.78 is 20.4. The number of benzene rings is 1. The van der Waals surface area contributed by atoms with Crippen LogP contribution in [0.1, 0.15) is 72.4 Å². The SMILES string of the molecule is C[C@@H]1CC2(Cc3ccc(N)cc3[C@]23N=C(NC(=O)OC(C)(C)C)N(CC(C)(C)F)C3=O)C[C@H](C)C1O. The zero-order valence-corrected chi connectivity index (χ0v) is 22.3. The molecule has 2 spiro atoms. The van der Waals surface area contributed by atoms with Gasteiger partial charge in [0.05, 0.1) is 12.6 Å². The van der Waals surface area contributed by atoms with Crippen molar-refractivity contribution < 1.29 is 23.8 Å². The highest BCUT2D eigenvalue weighted by Crippen LogP contribution is 2.63. The van der Waals surface area contributed by atoms with E-state index in [-0.39, 0.29) is 30.2 Å². The summed E-state index contributed by atoms with van der Waals surface area (Å²) in [6, 6.07) is 5.51. The zero-order valence-electron chi connectivity index (χ0n) is 22.3. The van der Waals surface area contributed by atoms with E-state index in [1.807, 2.05) is 26.0 Å². The number of carbonyl (C=O) groups is 2. The van der Waals surface area contributed by atoms with Gasteiger partial charge >= 0.3 is 6.09 Å². The molecule has 9 heteroatoms. The number of aliphatic hydroxyl groups excluding tert-OH is 1. The predicted molar refractivity (Wildman–Crippen MR) is 136 cm³/mol. The number of fused-ring (bicyclic) bond motifs is 3. The number of guanidine groups is 1. The van der Waals surface area contributed by atoms with E-state index >= 15 is 0 Å². The predicted octanol–water partition coefficient (Wildman–Crippen LogP) is 3.90. The molecule has 8 nitrogen and oxygen atoms in total. The first-order valence-electron chi connectivity index (χ1n) is 12.7. The van der Waals surface area contributed by atoms with Crippen molar-refractivity contribution in [2.45, 2.75) is 90.6 Å². The largest absolute Gasteiger partial charge is 0.444 e. The molecule has 0 radical (unpaired) electrons. The summed E-state index contributed by atoms with van der Waals surface area (Å²) >= 11 is 0. The molecule has 36 heavy (non-hydrogen) atoms. The smallest absolute Gasteiger partial charge is 0.414 e. The molecule has 1 saturated carbocycles. The van der Waals surface area contributed by atoms with Gasteiger partial charge in [0.2, 0.25) is 5.96 Å². The molecule has 198 valence electrons. The van der Waals surface area contributed by atoms with Gasteiger partial charge in [-0.25, -0.2) is 14.2 Å². The van der Waals surface area contributed by atoms with Crippen LogP contribution in [0.25, 0.3) is 0 Å². The quantitative estimate of drug-likeness (QED) is 0.530. The first kappa shape index (κ1) is 26.4. The first-order valence-corrected chi connectivity index (χ1v) is 12.7. The Balaban J connectivity index is 1.90. The normalized spacial score (nSPS) is 32.1. The van der Waals surface area contributed by atoms with Crippen molar-refractivity contribution in [3.8, 4) is 0 Å². The fourth-order valence-corrected chi connectivity index (χ4v) is 6.51. The summed E-state index contributed by atoms with van der Waals surface area (Å²) in [5.41, 5.74) is 3.75. The Morgan fingerprint density at radius 2 is 1.86 bits per heavy atom. The number of halogens is 1. The number of hydrogen-bond acceptors (Lipinski definition) is 6. The van der Waals surface area contributed by atoms with Crippen molar-refractivity contribution in [1.29, 1.82) is 0 Å². The Labute approximate surface area is 212 Å². The lowest BCUT2D eigenvalue weighted by Crippen LogP contribution is -2.56. The molecule has 1 aliphatic heterocycles. The van der Waals surface area contributed by atoms with Crippen LogP contribution in [0.2, 0.25) is 0 Å². The standard InChI is InChI=1S/C27H39FN4O4/c1-15-11-26(12-16(2)20(15)33)13-17-8-9-18(29)10-19(17)27(26)21(34)32(14-25(6,7)28)22(31-27)30-23(35)36-24(3,4)5/h8-10,15-16,20,33H,11-14,29H2,1-7H3,(H,30,31,35)/t15-,16+,20?,26?,27-/m1/s1. The highest BCUT2D eigenvalue weighted by atomic mass is 19.1. The van der Waals surface area contributed by atoms with Crippen molar-refractivity contribution in [2.24, 2.45) is 22.2 Å². The molecule has 0 bridgehead atoms. The maximum atomic E-state index is 15.0. The van der Waals surface area contributed by atoms with Crippen LogP contribution in [0.15, 0.2) is 23.2 Å². The van der Waals surface area contributed by atoms with Crippen LogP contribution in [0.3, 0.4) is 0 Å². The number of nitrogens with one attached hydrogen (secondary N) is 1. The summed E-state index contributed by atoms with van der Waals surface area (Å²) in [6.45, 7) is 11.7. The molecule has 0 saturated heterocycles. The second-order valence-electron chi connectivity index (χ2n) is 12.6. The number of nitrogens with zero attached hydrogens (tertiary/aromatic N) is 2. The van der Waals surface area contributed by atoms with Gasteiger partial charge in [-0.3, -0.25) is 15.0 Å². The topological polar surface area (TPSA) is 117 Å². The Morgan fingerprint density at radius 3 is 2.42 bits per heavy atom. The maximum absolute atomic E-state index is 15.0. The molecule has 1 aromatic carbocycles. The molecule has 5 atom stereocenters. The van der Waals surface area contributed by atoms with Crippen molar-refractivity contribution in [1.82, 2.24) is 10.2 Å². The average molecular weight is 503 g/mol. The molecular formula is C27H39FN4O4. The Kier molecular flexibility index (Phi) is 6.18. The Hall–Kier alpha value is -2.68. The molecular weight excluding hydrogens is 463 g/mol. The summed E-state index contributed by atoms with van der Waals surface area (Å²) in [4.78, 5) is 33.4. The fourth-order valence-electron chi connectivity index (χ4n) is 6.51. The number of amides is 2. The number of nitrogen functional groups attached to an aromatic ring is 1. The van der Waals surface area contributed by atoms with E-state index in [1.165, 1.54) is 18.7 Å². The number of aliphatic imine (C=N–C) groups is 1. The average Bonchev–Trinajstić information content (AvgIpc) is 3.11. The molecule has 0 aromatic heterocycles. The number of alkyl carbamates (subject to hydrolysis) is 1. The van der Waals surface area contributed by atoms with Crippen LogP contribution in [0, 0.1) is 17.3 Å². The van der Waals surface area contributed by atoms with Crippen LogP contribution >= 0.6 is 0 Å². The van der Waals surface area contributed by atoms with Crippen LogP contribution in [-0.2, 0) is 21.5 Å². The number of alkyl halides is 1. The minimum atomic E-state index is -1.74. The third-order valence-electron chi connectivity index (χ3n) is 7.64. The van der Waals surface area contributed by atoms with Gasteiger partial charge in [0, 0.05) is 11.1 Å². The zero-order chi connectivity index (χ0) is 26.8. The fraction of sp³-hybridized carbons (Fsp3) is 0.667. The number of ether oxygens (including phenoxy) is 1. The van der Waals surface area contributed by atoms with E-state index < -0.39 is 34.4 Å². The van der Waals surface area contributed by atoms with Crippen LogP contribution in [0.4, 0.5) is 14.9 Å². The number of hydrogen-bond donors (Lipinski definition) is 3. The Bertz CT molecular complexity index is 1090. The number of rotatable bonds is 2. The number of nitrogens with two attached hydrogens (primary N) is 1. The van der Waals surface area contributed by atoms with Crippen molar-refractivity contribution >= 4 is 23.6 Å². The van der Waals surface area contributed by atoms with E-state index in [0.29, 0.717) is 30.5 Å². The van der Waals surface area contributed by atoms with Gasteiger partial charge in [0.25, 0.3) is 5.91 Å². The van der Waals surface area contributed by atoms with Crippen LogP contribution < -0.4 is 11.1 Å². The molecule has 3 aliphatic rings. The minimum Gasteiger partial charge on any atom is -0.444 e. The van der Waals surface area contributed by atoms with Gasteiger partial charge in [0.15, 0.2) is 5.54 Å². The van der Waals surface area contributed by atoms with Crippen molar-refractivity contribution in [3.05, 3.63) is 29.3 Å². The molecule has 2 aliphatic carbocycles. The molecule has 2 amide bonds. The maximum Gasteiger partial charge on any atom is 0.414 e. The number of aliphatic hydroxyl groups is 1. The van der Waals surface area contributed by atoms with Gasteiger partial charge in [0.1, 0.15) is 11.3 Å². The Morgan fingerprint density at radius 1 is 1.25 bits per heavy atom. The first-order chi connectivity index (χ1) is 16.5. The minimum absolute atomic E-state index is 0.0268. The molecule has 1 aromatic rings. The summed E-state index contributed by atoms with van der Waals surface area (Å²) in [5, 5.41) is 13.4. The summed E-state index contributed by atoms with van der Waals surface area (Å²) in [5.74, 6) is -0.566. The molecule has 1 fully saturated rings. The van der Waals surface area contributed by atoms with E-state index in [9.17, 15) is 19.1 Å². The number of carbonyl (C=O) groups excluding carboxylic acids is 2. The lowest BCUT2D eigenvalue weighted by Gasteiger charge is -2.49. The van der Waals surface area contributed by atoms with Crippen LogP contribution in [0.5, 0.6) is 0 Å². The molecule has 1 heterocycles. The molecule has 2 unspecified atom stereocenters. The number of anilines is 1. The van der Waals surface area contributed by atoms with Crippen LogP contribution in [-0.4, -0.2) is 51.9 Å². The highest BCUT2D eigenvalue weighted by molar-refractivity contribution is 6.12. The van der Waals surface area contributed by atoms with E-state index in [0.717, 1.165) is 5.56 Å². The highest BCUT2D eigenvalue weighted by Gasteiger charge is 2.68. The summed E-state index contributed by atoms with van der Waals surface area (Å²) in [6.07, 6.45) is 0.408. The third-order valence-corrected chi connectivity index (χ3v) is 7.64. The van der Waals surface area contributed by atoms with Gasteiger partial charge in [-0.1, -0.05) is 19.9 Å². The van der Waals surface area contributed by atoms with Gasteiger partial charge in [-0.2, -0.15) is 0 Å². The van der Waals surface area contributed by atoms with E-state index in [2.05, 4.69) is 5.32 Å². The monoisotopic (exact) mass is 502 g/mol. The third kappa shape index (κ3) is 4.35. The van der Waals surface area contributed by atoms with Gasteiger partial charge < -0.3 is 15.6 Å². The van der Waals surface area contributed by atoms with E-state index in [1.54, 1.807) is 26.8 Å². The van der Waals surface area contributed by atoms with Gasteiger partial charge in [-0.15, -0.1) is 0 Å². The molecule has 4 rings (SSSR count). The summed E-state index contributed by atoms with van der Waals surface area (Å²) in [7, 11) is 0. The van der Waals surface area contributed by atoms with Crippen molar-refractivity contribution in [2.75, 3.05) is 12.3 Å².